The van der Waals surface area contributed by atoms with Gasteiger partial charge in [-0.15, -0.1) is 0 Å². The number of unbranched alkanes of at least 4 members (excludes halogenated alkanes) is 2. The Balaban J connectivity index is 2.51. The van der Waals surface area contributed by atoms with Gasteiger partial charge < -0.3 is 10.2 Å². The molecule has 1 atom stereocenters. The molecule has 1 unspecified atom stereocenters. The molecule has 0 saturated heterocycles. The van der Waals surface area contributed by atoms with E-state index in [0.717, 1.165) is 56.1 Å². The lowest BCUT2D eigenvalue weighted by atomic mass is 9.76. The number of hydrogen-bond acceptors (Lipinski definition) is 4. The summed E-state index contributed by atoms with van der Waals surface area (Å²) in [6, 6.07) is 9.69. The van der Waals surface area contributed by atoms with Crippen LogP contribution in [-0.4, -0.2) is 18.6 Å². The van der Waals surface area contributed by atoms with Crippen molar-refractivity contribution in [3.05, 3.63) is 47.5 Å². The second kappa shape index (κ2) is 11.2. The molecule has 4 nitrogen and oxygen atoms in total. The summed E-state index contributed by atoms with van der Waals surface area (Å²) >= 11 is 0. The third kappa shape index (κ3) is 6.56. The van der Waals surface area contributed by atoms with Crippen molar-refractivity contribution in [1.29, 1.82) is 0 Å². The normalized spacial score (nSPS) is 13.7. The summed E-state index contributed by atoms with van der Waals surface area (Å²) < 4.78 is 27.4. The fourth-order valence-corrected chi connectivity index (χ4v) is 6.45. The van der Waals surface area contributed by atoms with Gasteiger partial charge in [0.25, 0.3) is 0 Å². The highest BCUT2D eigenvalue weighted by atomic mass is 32.2. The zero-order chi connectivity index (χ0) is 25.7. The second-order valence-corrected chi connectivity index (χ2v) is 13.1. The molecule has 0 spiro atoms. The van der Waals surface area contributed by atoms with Crippen LogP contribution in [0.1, 0.15) is 105 Å². The number of sulfone groups is 1. The molecule has 2 N–H and O–H groups in total. The van der Waals surface area contributed by atoms with Crippen molar-refractivity contribution in [2.45, 2.75) is 114 Å². The molecule has 0 bridgehead atoms. The summed E-state index contributed by atoms with van der Waals surface area (Å²) in [6.45, 7) is 15.0. The Bertz CT molecular complexity index is 1070. The van der Waals surface area contributed by atoms with Crippen LogP contribution in [0.4, 0.5) is 0 Å². The van der Waals surface area contributed by atoms with Gasteiger partial charge in [-0.25, -0.2) is 8.42 Å². The zero-order valence-electron chi connectivity index (χ0n) is 22.1. The predicted octanol–water partition coefficient (Wildman–Crippen LogP) is 7.89. The van der Waals surface area contributed by atoms with E-state index in [-0.39, 0.29) is 32.1 Å². The first kappa shape index (κ1) is 28.2. The maximum Gasteiger partial charge on any atom is 0.213 e. The largest absolute Gasteiger partial charge is 0.507 e. The van der Waals surface area contributed by atoms with E-state index in [1.54, 1.807) is 24.3 Å². The van der Waals surface area contributed by atoms with E-state index in [9.17, 15) is 18.6 Å². The molecule has 0 aliphatic rings. The Morgan fingerprint density at radius 1 is 0.794 bits per heavy atom. The maximum absolute atomic E-state index is 13.7. The van der Waals surface area contributed by atoms with Gasteiger partial charge in [0.2, 0.25) is 9.84 Å². The first-order valence-corrected chi connectivity index (χ1v) is 14.2. The Kier molecular flexibility index (Phi) is 9.26. The minimum absolute atomic E-state index is 0.154. The Hall–Kier alpha value is -2.01. The molecule has 2 aromatic carbocycles. The fourth-order valence-electron chi connectivity index (χ4n) is 4.96. The molecule has 0 fully saturated rings. The van der Waals surface area contributed by atoms with Gasteiger partial charge in [-0.05, 0) is 65.0 Å². The molecule has 34 heavy (non-hydrogen) atoms. The molecule has 0 aromatic heterocycles. The van der Waals surface area contributed by atoms with E-state index in [0.29, 0.717) is 5.92 Å². The van der Waals surface area contributed by atoms with Crippen LogP contribution in [0.25, 0.3) is 0 Å². The molecular formula is C29H44O4S. The molecular weight excluding hydrogens is 444 g/mol. The van der Waals surface area contributed by atoms with Gasteiger partial charge in [0.1, 0.15) is 21.3 Å². The summed E-state index contributed by atoms with van der Waals surface area (Å²) in [6.07, 6.45) is 7.36. The van der Waals surface area contributed by atoms with Gasteiger partial charge in [-0.3, -0.25) is 0 Å². The molecule has 0 aliphatic heterocycles. The lowest BCUT2D eigenvalue weighted by molar-refractivity contribution is 0.360. The Labute approximate surface area is 207 Å². The van der Waals surface area contributed by atoms with Crippen molar-refractivity contribution in [3.63, 3.8) is 0 Å². The van der Waals surface area contributed by atoms with Crippen LogP contribution in [0.15, 0.2) is 46.2 Å². The number of phenols is 2. The first-order chi connectivity index (χ1) is 15.8. The third-order valence-electron chi connectivity index (χ3n) is 7.11. The topological polar surface area (TPSA) is 74.6 Å². The Morgan fingerprint density at radius 3 is 1.76 bits per heavy atom. The Morgan fingerprint density at radius 2 is 1.29 bits per heavy atom. The van der Waals surface area contributed by atoms with E-state index in [2.05, 4.69) is 48.5 Å². The van der Waals surface area contributed by atoms with Gasteiger partial charge in [0, 0.05) is 0 Å². The highest BCUT2D eigenvalue weighted by molar-refractivity contribution is 7.91. The summed E-state index contributed by atoms with van der Waals surface area (Å²) in [7, 11) is -4.13. The number of hydrogen-bond donors (Lipinski definition) is 2. The molecule has 0 saturated carbocycles. The number of phenolic OH excluding ortho intramolecular Hbond substituents is 2. The van der Waals surface area contributed by atoms with Crippen LogP contribution in [0.2, 0.25) is 0 Å². The summed E-state index contributed by atoms with van der Waals surface area (Å²) in [5, 5.41) is 21.1. The van der Waals surface area contributed by atoms with Crippen molar-refractivity contribution in [3.8, 4) is 11.5 Å². The van der Waals surface area contributed by atoms with Gasteiger partial charge >= 0.3 is 0 Å². The van der Waals surface area contributed by atoms with Gasteiger partial charge in [-0.2, -0.15) is 0 Å². The first-order valence-electron chi connectivity index (χ1n) is 12.7. The summed E-state index contributed by atoms with van der Waals surface area (Å²) in [4.78, 5) is -0.310. The highest BCUT2D eigenvalue weighted by Gasteiger charge is 2.31. The molecule has 2 rings (SSSR count). The van der Waals surface area contributed by atoms with Crippen molar-refractivity contribution in [1.82, 2.24) is 0 Å². The van der Waals surface area contributed by atoms with Crippen molar-refractivity contribution < 1.29 is 18.6 Å². The van der Waals surface area contributed by atoms with E-state index >= 15 is 0 Å². The predicted molar refractivity (Wildman–Crippen MR) is 141 cm³/mol. The van der Waals surface area contributed by atoms with Crippen LogP contribution in [0.3, 0.4) is 0 Å². The fraction of sp³-hybridized carbons (Fsp3) is 0.586. The van der Waals surface area contributed by atoms with Gasteiger partial charge in [0.15, 0.2) is 0 Å². The molecule has 0 heterocycles. The van der Waals surface area contributed by atoms with E-state index in [1.165, 1.54) is 12.1 Å². The molecule has 0 radical (unpaired) electrons. The number of aromatic hydroxyl groups is 2. The lowest BCUT2D eigenvalue weighted by Gasteiger charge is -2.29. The SMILES string of the molecule is CCCCCC(C)(C)c1ccc(O)c(S(=O)(=O)c2cc(C(C)(C)CC(C)CCC)ccc2O)c1. The van der Waals surface area contributed by atoms with Crippen LogP contribution < -0.4 is 0 Å². The van der Waals surface area contributed by atoms with Crippen molar-refractivity contribution in [2.24, 2.45) is 5.92 Å². The van der Waals surface area contributed by atoms with E-state index in [4.69, 9.17) is 0 Å². The van der Waals surface area contributed by atoms with E-state index in [1.807, 2.05) is 0 Å². The van der Waals surface area contributed by atoms with Gasteiger partial charge in [-0.1, -0.05) is 92.7 Å². The average molecular weight is 489 g/mol. The summed E-state index contributed by atoms with van der Waals surface area (Å²) in [5.41, 5.74) is 1.25. The molecule has 190 valence electrons. The van der Waals surface area contributed by atoms with E-state index < -0.39 is 9.84 Å². The number of benzene rings is 2. The third-order valence-corrected chi connectivity index (χ3v) is 8.92. The van der Waals surface area contributed by atoms with Crippen LogP contribution in [0, 0.1) is 5.92 Å². The smallest absolute Gasteiger partial charge is 0.213 e. The molecule has 2 aromatic rings. The maximum atomic E-state index is 13.7. The zero-order valence-corrected chi connectivity index (χ0v) is 22.9. The number of rotatable bonds is 12. The molecule has 0 amide bonds. The monoisotopic (exact) mass is 488 g/mol. The van der Waals surface area contributed by atoms with Crippen LogP contribution >= 0.6 is 0 Å². The highest BCUT2D eigenvalue weighted by Crippen LogP contribution is 2.40. The molecule has 5 heteroatoms. The van der Waals surface area contributed by atoms with Crippen LogP contribution in [-0.2, 0) is 20.7 Å². The van der Waals surface area contributed by atoms with Crippen LogP contribution in [0.5, 0.6) is 11.5 Å². The van der Waals surface area contributed by atoms with Gasteiger partial charge in [0.05, 0.1) is 0 Å². The second-order valence-electron chi connectivity index (χ2n) is 11.2. The summed E-state index contributed by atoms with van der Waals surface area (Å²) in [5.74, 6) is -0.0913. The minimum Gasteiger partial charge on any atom is -0.507 e. The van der Waals surface area contributed by atoms with Crippen molar-refractivity contribution >= 4 is 9.84 Å². The molecule has 0 aliphatic carbocycles. The van der Waals surface area contributed by atoms with Crippen molar-refractivity contribution in [2.75, 3.05) is 0 Å². The average Bonchev–Trinajstić information content (AvgIpc) is 2.73. The quantitative estimate of drug-likeness (QED) is 0.298. The minimum atomic E-state index is -4.13. The lowest BCUT2D eigenvalue weighted by Crippen LogP contribution is -2.21. The standard InChI is InChI=1S/C29H44O4S/c1-8-10-11-17-28(4,5)22-13-15-24(30)26(18-22)34(32,33)27-19-23(14-16-25(27)31)29(6,7)20-21(3)12-9-2/h13-16,18-19,21,30-31H,8-12,17,20H2,1-7H3.